The van der Waals surface area contributed by atoms with Gasteiger partial charge in [-0.05, 0) is 34.6 Å². The van der Waals surface area contributed by atoms with Crippen LogP contribution in [0.25, 0.3) is 0 Å². The summed E-state index contributed by atoms with van der Waals surface area (Å²) in [5, 5.41) is 13.4. The third-order valence-electron chi connectivity index (χ3n) is 8.70. The second-order valence-electron chi connectivity index (χ2n) is 12.5. The van der Waals surface area contributed by atoms with Crippen molar-refractivity contribution in [2.45, 2.75) is 88.7 Å². The van der Waals surface area contributed by atoms with E-state index in [2.05, 4.69) is 15.4 Å². The van der Waals surface area contributed by atoms with E-state index >= 15 is 0 Å². The van der Waals surface area contributed by atoms with Gasteiger partial charge in [-0.3, -0.25) is 15.0 Å². The summed E-state index contributed by atoms with van der Waals surface area (Å²) in [4.78, 5) is 27.5. The van der Waals surface area contributed by atoms with Crippen LogP contribution in [0.1, 0.15) is 79.2 Å². The molecule has 10 nitrogen and oxygen atoms in total. The fraction of sp³-hybridized carbons (Fsp3) is 0.417. The van der Waals surface area contributed by atoms with E-state index in [1.807, 2.05) is 30.3 Å². The van der Waals surface area contributed by atoms with Gasteiger partial charge in [0.2, 0.25) is 21.8 Å². The van der Waals surface area contributed by atoms with Crippen LogP contribution in [-0.2, 0) is 44.9 Å². The molecule has 2 atom stereocenters. The summed E-state index contributed by atoms with van der Waals surface area (Å²) in [6.07, 6.45) is 8.15. The number of rotatable bonds is 17. The van der Waals surface area contributed by atoms with Crippen LogP contribution in [0, 0.1) is 11.3 Å². The topological polar surface area (TPSA) is 180 Å². The van der Waals surface area contributed by atoms with E-state index in [1.54, 1.807) is 48.5 Å². The Labute approximate surface area is 278 Å². The molecule has 1 fully saturated rings. The van der Waals surface area contributed by atoms with Crippen LogP contribution >= 0.6 is 0 Å². The molecule has 47 heavy (non-hydrogen) atoms. The smallest absolute Gasteiger partial charge is 0.243 e. The molecular weight excluding hydrogens is 613 g/mol. The van der Waals surface area contributed by atoms with Crippen LogP contribution in [0.15, 0.2) is 78.9 Å². The maximum absolute atomic E-state index is 13.9. The van der Waals surface area contributed by atoms with Gasteiger partial charge in [-0.2, -0.15) is 0 Å². The molecule has 2 amide bonds. The number of hydrogen-bond donors (Lipinski definition) is 6. The summed E-state index contributed by atoms with van der Waals surface area (Å²) < 4.78 is 29.2. The monoisotopic (exact) mass is 660 g/mol. The van der Waals surface area contributed by atoms with Gasteiger partial charge < -0.3 is 22.1 Å². The van der Waals surface area contributed by atoms with Crippen molar-refractivity contribution >= 4 is 27.7 Å². The summed E-state index contributed by atoms with van der Waals surface area (Å²) in [7, 11) is -3.86. The van der Waals surface area contributed by atoms with Crippen LogP contribution in [0.4, 0.5) is 0 Å². The fourth-order valence-corrected chi connectivity index (χ4v) is 7.47. The molecule has 0 spiro atoms. The molecule has 0 unspecified atom stereocenters. The Balaban J connectivity index is 1.50. The Kier molecular flexibility index (Phi) is 13.5. The number of hydrogen-bond acceptors (Lipinski definition) is 6. The molecule has 0 aromatic heterocycles. The van der Waals surface area contributed by atoms with E-state index in [1.165, 1.54) is 19.3 Å². The lowest BCUT2D eigenvalue weighted by Crippen LogP contribution is -2.54. The molecule has 1 saturated carbocycles. The number of nitrogen functional groups attached to an aromatic ring is 1. The average Bonchev–Trinajstić information content (AvgIpc) is 3.07. The molecule has 0 radical (unpaired) electrons. The van der Waals surface area contributed by atoms with Gasteiger partial charge >= 0.3 is 0 Å². The highest BCUT2D eigenvalue weighted by atomic mass is 32.2. The zero-order valence-electron chi connectivity index (χ0n) is 26.9. The molecule has 252 valence electrons. The Morgan fingerprint density at radius 3 is 2.19 bits per heavy atom. The van der Waals surface area contributed by atoms with Crippen molar-refractivity contribution < 1.29 is 18.0 Å². The fourth-order valence-electron chi connectivity index (χ4n) is 6.10. The highest BCUT2D eigenvalue weighted by Gasteiger charge is 2.29. The van der Waals surface area contributed by atoms with Gasteiger partial charge in [0.05, 0.1) is 5.75 Å². The summed E-state index contributed by atoms with van der Waals surface area (Å²) in [5.41, 5.74) is 15.1. The Morgan fingerprint density at radius 1 is 0.830 bits per heavy atom. The minimum atomic E-state index is -3.86. The van der Waals surface area contributed by atoms with Gasteiger partial charge in [0, 0.05) is 25.1 Å². The van der Waals surface area contributed by atoms with Crippen molar-refractivity contribution in [1.82, 2.24) is 15.4 Å². The summed E-state index contributed by atoms with van der Waals surface area (Å²) in [6.45, 7) is 0.528. The number of nitrogens with one attached hydrogen (secondary N) is 4. The molecule has 0 heterocycles. The van der Waals surface area contributed by atoms with Gasteiger partial charge in [-0.1, -0.05) is 124 Å². The van der Waals surface area contributed by atoms with Crippen molar-refractivity contribution in [2.24, 2.45) is 17.4 Å². The van der Waals surface area contributed by atoms with Gasteiger partial charge in [0.15, 0.2) is 0 Å². The van der Waals surface area contributed by atoms with Crippen LogP contribution < -0.4 is 26.8 Å². The summed E-state index contributed by atoms with van der Waals surface area (Å²) in [5.74, 6) is -0.646. The molecule has 1 aliphatic carbocycles. The maximum Gasteiger partial charge on any atom is 0.243 e. The number of amidine groups is 1. The predicted octanol–water partition coefficient (Wildman–Crippen LogP) is 4.01. The SMILES string of the molecule is N=C(N)c1ccc(CNC(=O)[C@H](Cc2cccc(CN)c2)NC(=O)[C@@H](CCCC2CCCCC2)NS(=O)(=O)Cc2ccccc2)cc1. The van der Waals surface area contributed by atoms with Crippen molar-refractivity contribution in [3.63, 3.8) is 0 Å². The van der Waals surface area contributed by atoms with E-state index in [9.17, 15) is 18.0 Å². The lowest BCUT2D eigenvalue weighted by molar-refractivity contribution is -0.130. The highest BCUT2D eigenvalue weighted by molar-refractivity contribution is 7.88. The molecular formula is C36H48N6O4S. The van der Waals surface area contributed by atoms with E-state index in [0.29, 0.717) is 36.4 Å². The maximum atomic E-state index is 13.9. The Bertz CT molecular complexity index is 1570. The van der Waals surface area contributed by atoms with Gasteiger partial charge in [0.25, 0.3) is 0 Å². The third-order valence-corrected chi connectivity index (χ3v) is 10.1. The van der Waals surface area contributed by atoms with E-state index in [0.717, 1.165) is 36.0 Å². The molecule has 0 bridgehead atoms. The van der Waals surface area contributed by atoms with Crippen LogP contribution in [0.2, 0.25) is 0 Å². The first-order valence-electron chi connectivity index (χ1n) is 16.4. The zero-order chi connectivity index (χ0) is 33.6. The van der Waals surface area contributed by atoms with Crippen LogP contribution in [0.5, 0.6) is 0 Å². The molecule has 1 aliphatic rings. The lowest BCUT2D eigenvalue weighted by Gasteiger charge is -2.25. The number of amides is 2. The Hall–Kier alpha value is -4.06. The summed E-state index contributed by atoms with van der Waals surface area (Å²) >= 11 is 0. The van der Waals surface area contributed by atoms with Crippen molar-refractivity contribution in [2.75, 3.05) is 0 Å². The molecule has 11 heteroatoms. The lowest BCUT2D eigenvalue weighted by atomic mass is 9.85. The zero-order valence-corrected chi connectivity index (χ0v) is 27.7. The average molecular weight is 661 g/mol. The number of sulfonamides is 1. The highest BCUT2D eigenvalue weighted by Crippen LogP contribution is 2.28. The second-order valence-corrected chi connectivity index (χ2v) is 14.2. The van der Waals surface area contributed by atoms with Gasteiger partial charge in [-0.25, -0.2) is 13.1 Å². The predicted molar refractivity (Wildman–Crippen MR) is 186 cm³/mol. The molecule has 8 N–H and O–H groups in total. The molecule has 0 saturated heterocycles. The first kappa shape index (κ1) is 35.8. The van der Waals surface area contributed by atoms with E-state index in [-0.39, 0.29) is 24.6 Å². The number of carbonyl (C=O) groups is 2. The first-order chi connectivity index (χ1) is 22.6. The number of nitrogens with two attached hydrogens (primary N) is 2. The minimum Gasteiger partial charge on any atom is -0.384 e. The molecule has 0 aliphatic heterocycles. The Morgan fingerprint density at radius 2 is 1.51 bits per heavy atom. The molecule has 3 aromatic rings. The van der Waals surface area contributed by atoms with Crippen molar-refractivity contribution in [1.29, 1.82) is 5.41 Å². The van der Waals surface area contributed by atoms with Crippen LogP contribution in [0.3, 0.4) is 0 Å². The van der Waals surface area contributed by atoms with E-state index < -0.39 is 33.9 Å². The third kappa shape index (κ3) is 11.9. The minimum absolute atomic E-state index is 0.0456. The van der Waals surface area contributed by atoms with E-state index in [4.69, 9.17) is 16.9 Å². The van der Waals surface area contributed by atoms with Crippen molar-refractivity contribution in [3.05, 3.63) is 107 Å². The second kappa shape index (κ2) is 17.7. The van der Waals surface area contributed by atoms with Crippen molar-refractivity contribution in [3.8, 4) is 0 Å². The summed E-state index contributed by atoms with van der Waals surface area (Å²) in [6, 6.07) is 21.3. The molecule has 3 aromatic carbocycles. The van der Waals surface area contributed by atoms with Gasteiger partial charge in [-0.15, -0.1) is 0 Å². The standard InChI is InChI=1S/C36H48N6O4S/c37-23-30-15-7-14-29(21-30)22-33(35(43)40-24-27-17-19-31(20-18-27)34(38)39)41-36(44)32(16-8-13-26-9-3-1-4-10-26)42-47(45,46)25-28-11-5-2-6-12-28/h2,5-7,11-12,14-15,17-21,26,32-33,42H,1,3-4,8-10,13,16,22-25,37H2,(H3,38,39)(H,40,43)(H,41,44)/t32-,33+/m1/s1. The largest absolute Gasteiger partial charge is 0.384 e. The normalized spacial score (nSPS) is 15.0. The quantitative estimate of drug-likeness (QED) is 0.0940. The molecule has 4 rings (SSSR count). The number of benzene rings is 3. The first-order valence-corrected chi connectivity index (χ1v) is 18.1. The number of carbonyl (C=O) groups excluding carboxylic acids is 2. The van der Waals surface area contributed by atoms with Crippen LogP contribution in [-0.4, -0.2) is 38.2 Å². The van der Waals surface area contributed by atoms with Gasteiger partial charge in [0.1, 0.15) is 17.9 Å².